The maximum atomic E-state index is 14.2. The van der Waals surface area contributed by atoms with Crippen molar-refractivity contribution in [3.63, 3.8) is 0 Å². The van der Waals surface area contributed by atoms with Crippen molar-refractivity contribution in [2.75, 3.05) is 20.6 Å². The van der Waals surface area contributed by atoms with Crippen LogP contribution in [0.2, 0.25) is 0 Å². The first-order valence-electron chi connectivity index (χ1n) is 18.5. The van der Waals surface area contributed by atoms with Crippen molar-refractivity contribution in [2.24, 2.45) is 29.6 Å². The van der Waals surface area contributed by atoms with Gasteiger partial charge in [-0.3, -0.25) is 19.2 Å². The van der Waals surface area contributed by atoms with Gasteiger partial charge in [0.15, 0.2) is 6.10 Å². The van der Waals surface area contributed by atoms with E-state index in [1.54, 1.807) is 27.8 Å². The number of rotatable bonds is 9. The summed E-state index contributed by atoms with van der Waals surface area (Å²) in [5.41, 5.74) is 0. The van der Waals surface area contributed by atoms with Gasteiger partial charge in [0.05, 0.1) is 5.92 Å². The van der Waals surface area contributed by atoms with Gasteiger partial charge in [0.2, 0.25) is 17.7 Å². The number of nitrogens with zero attached hydrogens (tertiary/aromatic N) is 3. The number of carbonyl (C=O) groups excluding carboxylic acids is 6. The van der Waals surface area contributed by atoms with Crippen LogP contribution in [-0.4, -0.2) is 107 Å². The Kier molecular flexibility index (Phi) is 16.0. The molecule has 2 heterocycles. The number of esters is 2. The lowest BCUT2D eigenvalue weighted by molar-refractivity contribution is -0.172. The van der Waals surface area contributed by atoms with Gasteiger partial charge >= 0.3 is 11.9 Å². The highest BCUT2D eigenvalue weighted by Gasteiger charge is 2.46. The first-order chi connectivity index (χ1) is 22.9. The normalized spacial score (nSPS) is 29.4. The molecule has 2 rings (SSSR count). The number of nitrogens with one attached hydrogen (secondary N) is 1. The maximum Gasteiger partial charge on any atom is 0.329 e. The number of amides is 4. The zero-order valence-electron chi connectivity index (χ0n) is 32.1. The van der Waals surface area contributed by atoms with Crippen molar-refractivity contribution in [1.29, 1.82) is 0 Å². The fourth-order valence-corrected chi connectivity index (χ4v) is 6.95. The van der Waals surface area contributed by atoms with E-state index in [1.807, 2.05) is 41.5 Å². The second kappa shape index (κ2) is 18.7. The Morgan fingerprint density at radius 2 is 1.31 bits per heavy atom. The van der Waals surface area contributed by atoms with E-state index in [-0.39, 0.29) is 23.7 Å². The molecule has 0 unspecified atom stereocenters. The summed E-state index contributed by atoms with van der Waals surface area (Å²) in [6.45, 7) is 18.6. The van der Waals surface area contributed by atoms with Gasteiger partial charge in [-0.1, -0.05) is 82.1 Å². The molecule has 2 saturated heterocycles. The number of carbonyl (C=O) groups is 6. The predicted molar refractivity (Wildman–Crippen MR) is 187 cm³/mol. The standard InChI is InChI=1S/C37H64N4O8/c1-13-15-16-19-27-25(10)32(42)38-28(21(3)4)34(44)40(12)30(23(7)8)37(47)49-31(24(9)14-2)35(45)41-20-17-18-26(41)33(43)39(11)29(22(5)6)36(46)48-27/h21-31H,13-20H2,1-12H3,(H,38,42)/t24-,25+,26+,27+,28-,29+,30-,31-/m1/s1. The smallest absolute Gasteiger partial charge is 0.329 e. The van der Waals surface area contributed by atoms with E-state index in [0.717, 1.165) is 19.3 Å². The number of unbranched alkanes of at least 4 members (excludes halogenated alkanes) is 2. The molecule has 8 atom stereocenters. The Hall–Kier alpha value is -3.18. The van der Waals surface area contributed by atoms with Crippen LogP contribution in [0.1, 0.15) is 114 Å². The van der Waals surface area contributed by atoms with Gasteiger partial charge in [0.1, 0.15) is 30.3 Å². The summed E-state index contributed by atoms with van der Waals surface area (Å²) in [4.78, 5) is 88.2. The zero-order valence-corrected chi connectivity index (χ0v) is 32.1. The minimum absolute atomic E-state index is 0.303. The number of cyclic esters (lactones) is 2. The Labute approximate surface area is 294 Å². The molecule has 12 heteroatoms. The Bertz CT molecular complexity index is 1170. The zero-order chi connectivity index (χ0) is 37.3. The second-order valence-corrected chi connectivity index (χ2v) is 15.2. The number of ether oxygens (including phenoxy) is 2. The summed E-state index contributed by atoms with van der Waals surface area (Å²) in [5, 5.41) is 2.89. The van der Waals surface area contributed by atoms with E-state index in [9.17, 15) is 28.8 Å². The van der Waals surface area contributed by atoms with E-state index in [0.29, 0.717) is 32.2 Å². The van der Waals surface area contributed by atoms with Crippen molar-refractivity contribution >= 4 is 35.6 Å². The molecule has 2 aliphatic heterocycles. The summed E-state index contributed by atoms with van der Waals surface area (Å²) >= 11 is 0. The molecule has 0 aliphatic carbocycles. The van der Waals surface area contributed by atoms with Gasteiger partial charge in [-0.05, 0) is 49.9 Å². The average Bonchev–Trinajstić information content (AvgIpc) is 3.53. The van der Waals surface area contributed by atoms with E-state index < -0.39 is 77.9 Å². The molecule has 12 nitrogen and oxygen atoms in total. The summed E-state index contributed by atoms with van der Waals surface area (Å²) in [6, 6.07) is -3.83. The highest BCUT2D eigenvalue weighted by molar-refractivity contribution is 5.95. The van der Waals surface area contributed by atoms with E-state index in [4.69, 9.17) is 9.47 Å². The van der Waals surface area contributed by atoms with Crippen molar-refractivity contribution in [3.05, 3.63) is 0 Å². The molecule has 280 valence electrons. The Balaban J connectivity index is 2.73. The summed E-state index contributed by atoms with van der Waals surface area (Å²) in [6.07, 6.45) is 2.47. The van der Waals surface area contributed by atoms with Gasteiger partial charge in [0.25, 0.3) is 5.91 Å². The number of likely N-dealkylation sites (N-methyl/N-ethyl adjacent to an activating group) is 2. The quantitative estimate of drug-likeness (QED) is 0.280. The third-order valence-electron chi connectivity index (χ3n) is 10.3. The molecule has 0 aromatic heterocycles. The largest absolute Gasteiger partial charge is 0.460 e. The van der Waals surface area contributed by atoms with Crippen LogP contribution in [0.25, 0.3) is 0 Å². The third-order valence-corrected chi connectivity index (χ3v) is 10.3. The minimum atomic E-state index is -1.18. The molecule has 2 fully saturated rings. The fourth-order valence-electron chi connectivity index (χ4n) is 6.95. The van der Waals surface area contributed by atoms with Gasteiger partial charge in [-0.15, -0.1) is 0 Å². The molecule has 2 aliphatic rings. The fraction of sp³-hybridized carbons (Fsp3) is 0.838. The number of hydrogen-bond donors (Lipinski definition) is 1. The van der Waals surface area contributed by atoms with E-state index in [2.05, 4.69) is 12.2 Å². The van der Waals surface area contributed by atoms with Gasteiger partial charge in [-0.25, -0.2) is 9.59 Å². The van der Waals surface area contributed by atoms with Crippen LogP contribution in [-0.2, 0) is 38.2 Å². The summed E-state index contributed by atoms with van der Waals surface area (Å²) in [7, 11) is 3.06. The van der Waals surface area contributed by atoms with Crippen LogP contribution in [0, 0.1) is 29.6 Å². The van der Waals surface area contributed by atoms with E-state index in [1.165, 1.54) is 21.7 Å². The van der Waals surface area contributed by atoms with Crippen molar-refractivity contribution in [3.8, 4) is 0 Å². The van der Waals surface area contributed by atoms with Gasteiger partial charge < -0.3 is 29.5 Å². The highest BCUT2D eigenvalue weighted by Crippen LogP contribution is 2.28. The van der Waals surface area contributed by atoms with E-state index >= 15 is 0 Å². The second-order valence-electron chi connectivity index (χ2n) is 15.2. The Morgan fingerprint density at radius 3 is 1.82 bits per heavy atom. The summed E-state index contributed by atoms with van der Waals surface area (Å²) in [5.74, 6) is -5.36. The van der Waals surface area contributed by atoms with Crippen LogP contribution >= 0.6 is 0 Å². The molecule has 49 heavy (non-hydrogen) atoms. The van der Waals surface area contributed by atoms with Gasteiger partial charge in [-0.2, -0.15) is 0 Å². The molecule has 0 aromatic carbocycles. The predicted octanol–water partition coefficient (Wildman–Crippen LogP) is 4.18. The molecule has 0 spiro atoms. The SMILES string of the molecule is CCCCC[C@@H]1OC(=O)[C@H](C(C)C)N(C)C(=O)[C@@H]2CCCN2C(=O)[C@@H]([C@H](C)CC)OC(=O)[C@@H](C(C)C)N(C)C(=O)[C@@H](C(C)C)NC(=O)[C@H]1C. The molecule has 0 radical (unpaired) electrons. The molecule has 0 aromatic rings. The first kappa shape index (κ1) is 42.0. The minimum Gasteiger partial charge on any atom is -0.460 e. The number of fused-ring (bicyclic) bond motifs is 1. The summed E-state index contributed by atoms with van der Waals surface area (Å²) < 4.78 is 12.1. The molecule has 1 N–H and O–H groups in total. The number of hydrogen-bond acceptors (Lipinski definition) is 8. The lowest BCUT2D eigenvalue weighted by atomic mass is 9.94. The molecule has 4 amide bonds. The van der Waals surface area contributed by atoms with Crippen molar-refractivity contribution < 1.29 is 38.2 Å². The first-order valence-corrected chi connectivity index (χ1v) is 18.5. The molecular formula is C37H64N4O8. The van der Waals surface area contributed by atoms with Crippen molar-refractivity contribution in [2.45, 2.75) is 151 Å². The third kappa shape index (κ3) is 10.2. The molecule has 0 bridgehead atoms. The van der Waals surface area contributed by atoms with Crippen LogP contribution in [0.15, 0.2) is 0 Å². The average molecular weight is 693 g/mol. The topological polar surface area (TPSA) is 143 Å². The van der Waals surface area contributed by atoms with Crippen LogP contribution in [0.4, 0.5) is 0 Å². The lowest BCUT2D eigenvalue weighted by Crippen LogP contribution is -2.58. The lowest BCUT2D eigenvalue weighted by Gasteiger charge is -2.37. The van der Waals surface area contributed by atoms with Crippen molar-refractivity contribution in [1.82, 2.24) is 20.0 Å². The monoisotopic (exact) mass is 692 g/mol. The highest BCUT2D eigenvalue weighted by atomic mass is 16.6. The molecule has 0 saturated carbocycles. The maximum absolute atomic E-state index is 14.2. The van der Waals surface area contributed by atoms with Gasteiger partial charge in [0, 0.05) is 26.6 Å². The Morgan fingerprint density at radius 1 is 0.755 bits per heavy atom. The molecular weight excluding hydrogens is 628 g/mol. The van der Waals surface area contributed by atoms with Crippen LogP contribution < -0.4 is 5.32 Å². The van der Waals surface area contributed by atoms with Crippen LogP contribution in [0.5, 0.6) is 0 Å². The van der Waals surface area contributed by atoms with Crippen LogP contribution in [0.3, 0.4) is 0 Å².